The minimum Gasteiger partial charge on any atom is -0.487 e. The van der Waals surface area contributed by atoms with Crippen molar-refractivity contribution in [2.45, 2.75) is 86.1 Å². The molecule has 292 valence electrons. The fraction of sp³-hybridized carbons (Fsp3) is 0.326. The molecule has 0 amide bonds. The number of unbranched alkanes of at least 4 members (excludes halogenated alkanes) is 1. The number of ether oxygens (including phenoxy) is 1. The zero-order chi connectivity index (χ0) is 40.3. The first kappa shape index (κ1) is 40.2. The van der Waals surface area contributed by atoms with Crippen LogP contribution in [0.4, 0.5) is 17.6 Å². The molecule has 0 bridgehead atoms. The molecule has 1 aromatic heterocycles. The molecule has 6 nitrogen and oxygen atoms in total. The third-order valence-corrected chi connectivity index (χ3v) is 10.4. The number of alkyl halides is 4. The molecule has 10 heteroatoms. The summed E-state index contributed by atoms with van der Waals surface area (Å²) in [5.74, 6) is -4.65. The van der Waals surface area contributed by atoms with Crippen LogP contribution >= 0.6 is 0 Å². The van der Waals surface area contributed by atoms with Crippen molar-refractivity contribution < 1.29 is 36.7 Å². The minimum atomic E-state index is -4.31. The summed E-state index contributed by atoms with van der Waals surface area (Å²) in [5.41, 5.74) is 7.46. The van der Waals surface area contributed by atoms with Crippen molar-refractivity contribution in [1.82, 2.24) is 4.57 Å². The van der Waals surface area contributed by atoms with Gasteiger partial charge in [0.1, 0.15) is 11.5 Å². The van der Waals surface area contributed by atoms with Gasteiger partial charge in [-0.25, -0.2) is 13.6 Å². The number of carbonyl (C=O) groups excluding carboxylic acids is 2. The molecule has 0 spiro atoms. The van der Waals surface area contributed by atoms with Crippen molar-refractivity contribution in [2.75, 3.05) is 6.61 Å². The van der Waals surface area contributed by atoms with E-state index < -0.39 is 24.9 Å². The standard InChI is InChI=1S/C46H46F4N2O4/c1-7-9-12-31(8-2)25-52-40-20-17-33(42(51-56-30(6)53)32-15-18-34(19-16-32)55-26-46(49,50)45(47)48)23-37(40)38-24-39(35-13-10-11-14-36(35)43(38)52)44(54)41-28(4)21-27(3)22-29(41)5/h10-11,13-24,31,45H,7-9,12,25-26H2,1-6H3/b51-42+. The average molecular weight is 767 g/mol. The Morgan fingerprint density at radius 2 is 1.48 bits per heavy atom. The molecule has 0 radical (unpaired) electrons. The number of benzene rings is 5. The smallest absolute Gasteiger partial charge is 0.340 e. The van der Waals surface area contributed by atoms with E-state index in [1.54, 1.807) is 0 Å². The third-order valence-electron chi connectivity index (χ3n) is 10.4. The Hall–Kier alpha value is -5.51. The van der Waals surface area contributed by atoms with Gasteiger partial charge in [-0.05, 0) is 92.1 Å². The number of hydrogen-bond donors (Lipinski definition) is 0. The molecule has 0 aliphatic heterocycles. The average Bonchev–Trinajstić information content (AvgIpc) is 3.47. The number of halogens is 4. The molecule has 56 heavy (non-hydrogen) atoms. The van der Waals surface area contributed by atoms with Gasteiger partial charge in [-0.2, -0.15) is 8.78 Å². The van der Waals surface area contributed by atoms with Crippen LogP contribution < -0.4 is 4.74 Å². The molecule has 0 aliphatic rings. The van der Waals surface area contributed by atoms with E-state index in [0.717, 1.165) is 81.5 Å². The summed E-state index contributed by atoms with van der Waals surface area (Å²) in [6.45, 7) is 10.9. The first-order valence-corrected chi connectivity index (χ1v) is 19.0. The van der Waals surface area contributed by atoms with Crippen LogP contribution in [0.1, 0.15) is 90.2 Å². The van der Waals surface area contributed by atoms with E-state index in [2.05, 4.69) is 29.6 Å². The van der Waals surface area contributed by atoms with Gasteiger partial charge in [-0.15, -0.1) is 0 Å². The number of aryl methyl sites for hydroxylation is 3. The van der Waals surface area contributed by atoms with Crippen molar-refractivity contribution in [2.24, 2.45) is 11.1 Å². The Kier molecular flexibility index (Phi) is 12.0. The van der Waals surface area contributed by atoms with E-state index in [-0.39, 0.29) is 17.2 Å². The molecular weight excluding hydrogens is 721 g/mol. The van der Waals surface area contributed by atoms with Crippen LogP contribution in [0.3, 0.4) is 0 Å². The second kappa shape index (κ2) is 16.7. The molecule has 0 aliphatic carbocycles. The Bertz CT molecular complexity index is 2430. The molecule has 1 atom stereocenters. The highest BCUT2D eigenvalue weighted by Crippen LogP contribution is 2.39. The van der Waals surface area contributed by atoms with E-state index in [1.807, 2.05) is 75.4 Å². The number of aromatic nitrogens is 1. The number of rotatable bonds is 15. The second-order valence-corrected chi connectivity index (χ2v) is 14.6. The first-order valence-electron chi connectivity index (χ1n) is 19.0. The van der Waals surface area contributed by atoms with E-state index >= 15 is 0 Å². The van der Waals surface area contributed by atoms with E-state index in [0.29, 0.717) is 28.2 Å². The van der Waals surface area contributed by atoms with Crippen LogP contribution in [-0.2, 0) is 16.2 Å². The lowest BCUT2D eigenvalue weighted by Crippen LogP contribution is -2.33. The molecule has 0 N–H and O–H groups in total. The summed E-state index contributed by atoms with van der Waals surface area (Å²) < 4.78 is 59.9. The van der Waals surface area contributed by atoms with Crippen molar-refractivity contribution in [1.29, 1.82) is 0 Å². The molecule has 0 saturated carbocycles. The number of hydrogen-bond acceptors (Lipinski definition) is 5. The molecule has 1 heterocycles. The quantitative estimate of drug-likeness (QED) is 0.0343. The van der Waals surface area contributed by atoms with Crippen LogP contribution in [0, 0.1) is 26.7 Å². The van der Waals surface area contributed by atoms with Gasteiger partial charge >= 0.3 is 18.3 Å². The van der Waals surface area contributed by atoms with Crippen LogP contribution in [0.2, 0.25) is 0 Å². The van der Waals surface area contributed by atoms with Gasteiger partial charge in [0.25, 0.3) is 0 Å². The lowest BCUT2D eigenvalue weighted by molar-refractivity contribution is -0.148. The van der Waals surface area contributed by atoms with Crippen molar-refractivity contribution in [3.05, 3.63) is 124 Å². The van der Waals surface area contributed by atoms with E-state index in [9.17, 15) is 27.2 Å². The number of carbonyl (C=O) groups is 2. The van der Waals surface area contributed by atoms with Gasteiger partial charge in [0, 0.05) is 57.4 Å². The lowest BCUT2D eigenvalue weighted by atomic mass is 9.89. The van der Waals surface area contributed by atoms with Gasteiger partial charge in [0.05, 0.1) is 5.52 Å². The molecule has 6 aromatic rings. The van der Waals surface area contributed by atoms with Crippen molar-refractivity contribution in [3.63, 3.8) is 0 Å². The topological polar surface area (TPSA) is 69.9 Å². The van der Waals surface area contributed by atoms with Gasteiger partial charge in [0.2, 0.25) is 0 Å². The SMILES string of the molecule is CCCCC(CC)Cn1c2ccc(/C(=N/OC(C)=O)c3ccc(OCC(F)(F)C(F)F)cc3)cc2c2cc(C(=O)c3c(C)cc(C)cc3C)c3ccccc3c21. The van der Waals surface area contributed by atoms with Crippen molar-refractivity contribution >= 4 is 50.0 Å². The number of nitrogens with zero attached hydrogens (tertiary/aromatic N) is 2. The normalized spacial score (nSPS) is 12.9. The monoisotopic (exact) mass is 766 g/mol. The molecular formula is C46H46F4N2O4. The Morgan fingerprint density at radius 3 is 2.11 bits per heavy atom. The maximum atomic E-state index is 14.7. The number of fused-ring (bicyclic) bond motifs is 5. The highest BCUT2D eigenvalue weighted by molar-refractivity contribution is 6.27. The number of ketones is 1. The second-order valence-electron chi connectivity index (χ2n) is 14.6. The minimum absolute atomic E-state index is 0.0453. The largest absolute Gasteiger partial charge is 0.487 e. The lowest BCUT2D eigenvalue weighted by Gasteiger charge is -2.19. The van der Waals surface area contributed by atoms with Gasteiger partial charge in [0.15, 0.2) is 12.4 Å². The fourth-order valence-corrected chi connectivity index (χ4v) is 7.67. The molecule has 0 saturated heterocycles. The molecule has 6 rings (SSSR count). The maximum absolute atomic E-state index is 14.7. The zero-order valence-corrected chi connectivity index (χ0v) is 32.5. The fourth-order valence-electron chi connectivity index (χ4n) is 7.67. The van der Waals surface area contributed by atoms with Gasteiger partial charge in [-0.3, -0.25) is 4.79 Å². The Labute approximate surface area is 324 Å². The number of oxime groups is 1. The summed E-state index contributed by atoms with van der Waals surface area (Å²) in [6, 6.07) is 25.7. The summed E-state index contributed by atoms with van der Waals surface area (Å²) in [7, 11) is 0. The Morgan fingerprint density at radius 1 is 0.821 bits per heavy atom. The predicted octanol–water partition coefficient (Wildman–Crippen LogP) is 11.9. The van der Waals surface area contributed by atoms with Crippen LogP contribution in [0.25, 0.3) is 32.6 Å². The summed E-state index contributed by atoms with van der Waals surface area (Å²) in [6.07, 6.45) is 0.420. The molecule has 5 aromatic carbocycles. The maximum Gasteiger partial charge on any atom is 0.340 e. The summed E-state index contributed by atoms with van der Waals surface area (Å²) >= 11 is 0. The van der Waals surface area contributed by atoms with E-state index in [4.69, 9.17) is 9.57 Å². The van der Waals surface area contributed by atoms with Gasteiger partial charge < -0.3 is 14.1 Å². The molecule has 0 fully saturated rings. The van der Waals surface area contributed by atoms with Crippen LogP contribution in [0.15, 0.2) is 90.1 Å². The highest BCUT2D eigenvalue weighted by atomic mass is 19.3. The Balaban J connectivity index is 1.57. The highest BCUT2D eigenvalue weighted by Gasteiger charge is 2.41. The summed E-state index contributed by atoms with van der Waals surface area (Å²) in [5, 5.41) is 7.77. The van der Waals surface area contributed by atoms with Crippen molar-refractivity contribution in [3.8, 4) is 5.75 Å². The summed E-state index contributed by atoms with van der Waals surface area (Å²) in [4.78, 5) is 31.8. The van der Waals surface area contributed by atoms with Crippen LogP contribution in [-0.4, -0.2) is 41.0 Å². The first-order chi connectivity index (χ1) is 26.7. The van der Waals surface area contributed by atoms with Crippen LogP contribution in [0.5, 0.6) is 5.75 Å². The third kappa shape index (κ3) is 8.20. The zero-order valence-electron chi connectivity index (χ0n) is 32.5. The predicted molar refractivity (Wildman–Crippen MR) is 215 cm³/mol. The van der Waals surface area contributed by atoms with E-state index in [1.165, 1.54) is 31.2 Å². The molecule has 1 unspecified atom stereocenters. The van der Waals surface area contributed by atoms with Gasteiger partial charge in [-0.1, -0.05) is 86.3 Å².